The van der Waals surface area contributed by atoms with Crippen molar-refractivity contribution in [3.8, 4) is 5.69 Å². The van der Waals surface area contributed by atoms with E-state index < -0.39 is 0 Å². The molecule has 142 valence electrons. The zero-order valence-electron chi connectivity index (χ0n) is 15.8. The largest absolute Gasteiger partial charge is 0.287 e. The first-order chi connectivity index (χ1) is 13.8. The first-order valence-electron chi connectivity index (χ1n) is 9.47. The molecule has 0 bridgehead atoms. The van der Waals surface area contributed by atoms with Gasteiger partial charge in [0.25, 0.3) is 5.56 Å². The third kappa shape index (κ3) is 3.87. The van der Waals surface area contributed by atoms with Gasteiger partial charge in [-0.3, -0.25) is 9.36 Å². The van der Waals surface area contributed by atoms with Gasteiger partial charge >= 0.3 is 0 Å². The van der Waals surface area contributed by atoms with Gasteiger partial charge in [-0.2, -0.15) is 5.10 Å². The van der Waals surface area contributed by atoms with Gasteiger partial charge in [0.05, 0.1) is 16.6 Å². The van der Waals surface area contributed by atoms with Crippen LogP contribution in [0.25, 0.3) is 16.6 Å². The maximum absolute atomic E-state index is 12.9. The van der Waals surface area contributed by atoms with Crippen LogP contribution in [0.4, 0.5) is 0 Å². The number of aromatic nitrogens is 4. The molecule has 0 N–H and O–H groups in total. The van der Waals surface area contributed by atoms with Gasteiger partial charge in [0, 0.05) is 24.7 Å². The average molecular weight is 391 g/mol. The smallest absolute Gasteiger partial charge is 0.262 e. The summed E-state index contributed by atoms with van der Waals surface area (Å²) in [5.74, 6) is 0.760. The van der Waals surface area contributed by atoms with Crippen molar-refractivity contribution in [1.29, 1.82) is 0 Å². The number of thioether (sulfide) groups is 1. The summed E-state index contributed by atoms with van der Waals surface area (Å²) in [5.41, 5.74) is 3.03. The fraction of sp³-hybridized carbons (Fsp3) is 0.227. The molecule has 0 unspecified atom stereocenters. The maximum atomic E-state index is 12.9. The van der Waals surface area contributed by atoms with Crippen LogP contribution in [-0.2, 0) is 12.3 Å². The lowest BCUT2D eigenvalue weighted by molar-refractivity contribution is 0.557. The summed E-state index contributed by atoms with van der Waals surface area (Å²) >= 11 is 1.61. The molecule has 0 aliphatic rings. The molecule has 0 atom stereocenters. The van der Waals surface area contributed by atoms with Crippen LogP contribution in [0.2, 0.25) is 0 Å². The highest BCUT2D eigenvalue weighted by Gasteiger charge is 2.11. The Balaban J connectivity index is 1.59. The van der Waals surface area contributed by atoms with E-state index in [2.05, 4.69) is 36.3 Å². The third-order valence-corrected chi connectivity index (χ3v) is 5.68. The predicted octanol–water partition coefficient (Wildman–Crippen LogP) is 4.67. The minimum Gasteiger partial charge on any atom is -0.287 e. The summed E-state index contributed by atoms with van der Waals surface area (Å²) in [5, 5.41) is 5.72. The van der Waals surface area contributed by atoms with E-state index in [0.29, 0.717) is 11.9 Å². The lowest BCUT2D eigenvalue weighted by Crippen LogP contribution is -2.23. The topological polar surface area (TPSA) is 52.7 Å². The van der Waals surface area contributed by atoms with E-state index in [9.17, 15) is 4.79 Å². The van der Waals surface area contributed by atoms with Gasteiger partial charge in [-0.25, -0.2) is 9.67 Å². The minimum atomic E-state index is 0.0515. The number of unbranched alkanes of at least 4 members (excludes halogenated alkanes) is 1. The molecule has 0 saturated heterocycles. The van der Waals surface area contributed by atoms with Crippen molar-refractivity contribution < 1.29 is 0 Å². The molecule has 0 fully saturated rings. The molecule has 2 heterocycles. The highest BCUT2D eigenvalue weighted by atomic mass is 32.2. The van der Waals surface area contributed by atoms with Crippen molar-refractivity contribution in [3.05, 3.63) is 82.9 Å². The average Bonchev–Trinajstić information content (AvgIpc) is 3.27. The van der Waals surface area contributed by atoms with E-state index >= 15 is 0 Å². The quantitative estimate of drug-likeness (QED) is 0.340. The van der Waals surface area contributed by atoms with Crippen molar-refractivity contribution >= 4 is 22.7 Å². The minimum absolute atomic E-state index is 0.0515. The molecule has 0 saturated carbocycles. The summed E-state index contributed by atoms with van der Waals surface area (Å²) in [6.45, 7) is 2.83. The molecule has 0 spiro atoms. The van der Waals surface area contributed by atoms with E-state index in [1.807, 2.05) is 45.8 Å². The summed E-state index contributed by atoms with van der Waals surface area (Å²) < 4.78 is 3.67. The van der Waals surface area contributed by atoms with Gasteiger partial charge in [0.1, 0.15) is 0 Å². The zero-order chi connectivity index (χ0) is 19.3. The lowest BCUT2D eigenvalue weighted by atomic mass is 10.2. The molecule has 6 heteroatoms. The van der Waals surface area contributed by atoms with Crippen LogP contribution in [0.5, 0.6) is 0 Å². The molecule has 0 aliphatic carbocycles. The van der Waals surface area contributed by atoms with Gasteiger partial charge in [-0.1, -0.05) is 49.4 Å². The van der Waals surface area contributed by atoms with E-state index in [1.54, 1.807) is 18.0 Å². The predicted molar refractivity (Wildman–Crippen MR) is 114 cm³/mol. The van der Waals surface area contributed by atoms with Crippen LogP contribution in [0, 0.1) is 0 Å². The maximum Gasteiger partial charge on any atom is 0.262 e. The molecule has 0 amide bonds. The van der Waals surface area contributed by atoms with Gasteiger partial charge < -0.3 is 0 Å². The Morgan fingerprint density at radius 1 is 1.04 bits per heavy atom. The molecule has 2 aromatic heterocycles. The van der Waals surface area contributed by atoms with Gasteiger partial charge in [-0.05, 0) is 42.3 Å². The van der Waals surface area contributed by atoms with Crippen molar-refractivity contribution in [2.75, 3.05) is 0 Å². The fourth-order valence-electron chi connectivity index (χ4n) is 3.09. The van der Waals surface area contributed by atoms with Crippen LogP contribution in [0.1, 0.15) is 25.3 Å². The molecular formula is C22H22N4OS. The molecule has 28 heavy (non-hydrogen) atoms. The first kappa shape index (κ1) is 18.5. The second kappa shape index (κ2) is 8.44. The molecular weight excluding hydrogens is 368 g/mol. The molecule has 2 aromatic carbocycles. The SMILES string of the molecule is CCCCn1c(SCc2ccc(-n3cccn3)cc2)nc2ccccc2c1=O. The molecule has 5 nitrogen and oxygen atoms in total. The number of hydrogen-bond donors (Lipinski definition) is 0. The lowest BCUT2D eigenvalue weighted by Gasteiger charge is -2.13. The van der Waals surface area contributed by atoms with Crippen LogP contribution in [0.3, 0.4) is 0 Å². The fourth-order valence-corrected chi connectivity index (χ4v) is 4.07. The Labute approximate surface area is 168 Å². The standard InChI is InChI=1S/C22H22N4OS/c1-2-3-14-25-21(27)19-7-4-5-8-20(19)24-22(25)28-16-17-9-11-18(12-10-17)26-15-6-13-23-26/h4-13,15H,2-3,14,16H2,1H3. The Morgan fingerprint density at radius 3 is 2.61 bits per heavy atom. The highest BCUT2D eigenvalue weighted by molar-refractivity contribution is 7.98. The Bertz CT molecular complexity index is 1120. The van der Waals surface area contributed by atoms with Crippen LogP contribution < -0.4 is 5.56 Å². The number of nitrogens with zero attached hydrogens (tertiary/aromatic N) is 4. The normalized spacial score (nSPS) is 11.2. The van der Waals surface area contributed by atoms with Crippen LogP contribution in [-0.4, -0.2) is 19.3 Å². The highest BCUT2D eigenvalue weighted by Crippen LogP contribution is 2.23. The van der Waals surface area contributed by atoms with Crippen molar-refractivity contribution in [1.82, 2.24) is 19.3 Å². The number of hydrogen-bond acceptors (Lipinski definition) is 4. The summed E-state index contributed by atoms with van der Waals surface area (Å²) in [4.78, 5) is 17.7. The first-order valence-corrected chi connectivity index (χ1v) is 10.5. The van der Waals surface area contributed by atoms with Gasteiger partial charge in [0.2, 0.25) is 0 Å². The number of para-hydroxylation sites is 1. The summed E-state index contributed by atoms with van der Waals surface area (Å²) in [6.07, 6.45) is 5.70. The van der Waals surface area contributed by atoms with Crippen molar-refractivity contribution in [2.45, 2.75) is 37.2 Å². The Kier molecular flexibility index (Phi) is 5.58. The van der Waals surface area contributed by atoms with E-state index in [4.69, 9.17) is 4.98 Å². The van der Waals surface area contributed by atoms with Crippen LogP contribution in [0.15, 0.2) is 76.9 Å². The van der Waals surface area contributed by atoms with Crippen molar-refractivity contribution in [2.24, 2.45) is 0 Å². The molecule has 0 radical (unpaired) electrons. The summed E-state index contributed by atoms with van der Waals surface area (Å²) in [7, 11) is 0. The second-order valence-electron chi connectivity index (χ2n) is 6.63. The Hall–Kier alpha value is -2.86. The third-order valence-electron chi connectivity index (χ3n) is 4.64. The molecule has 4 rings (SSSR count). The number of fused-ring (bicyclic) bond motifs is 1. The van der Waals surface area contributed by atoms with Crippen molar-refractivity contribution in [3.63, 3.8) is 0 Å². The van der Waals surface area contributed by atoms with Gasteiger partial charge in [0.15, 0.2) is 5.16 Å². The number of benzene rings is 2. The second-order valence-corrected chi connectivity index (χ2v) is 7.57. The Morgan fingerprint density at radius 2 is 1.86 bits per heavy atom. The van der Waals surface area contributed by atoms with E-state index in [1.165, 1.54) is 5.56 Å². The van der Waals surface area contributed by atoms with Crippen LogP contribution >= 0.6 is 11.8 Å². The van der Waals surface area contributed by atoms with Gasteiger partial charge in [-0.15, -0.1) is 0 Å². The number of rotatable bonds is 7. The monoisotopic (exact) mass is 390 g/mol. The molecule has 4 aromatic rings. The van der Waals surface area contributed by atoms with E-state index in [-0.39, 0.29) is 5.56 Å². The zero-order valence-corrected chi connectivity index (χ0v) is 16.6. The summed E-state index contributed by atoms with van der Waals surface area (Å²) in [6, 6.07) is 17.8. The van der Waals surface area contributed by atoms with E-state index in [0.717, 1.165) is 35.0 Å². The molecule has 0 aliphatic heterocycles.